The van der Waals surface area contributed by atoms with Crippen LogP contribution in [-0.2, 0) is 24.1 Å². The second-order valence-electron chi connectivity index (χ2n) is 2.96. The van der Waals surface area contributed by atoms with Crippen molar-refractivity contribution in [2.45, 2.75) is 14.1 Å². The molecule has 14 heteroatoms. The van der Waals surface area contributed by atoms with Gasteiger partial charge >= 0.3 is 0 Å². The van der Waals surface area contributed by atoms with Crippen LogP contribution in [0, 0.1) is 0 Å². The Kier molecular flexibility index (Phi) is 7.24. The lowest BCUT2D eigenvalue weighted by Crippen LogP contribution is -2.53. The van der Waals surface area contributed by atoms with Gasteiger partial charge in [0.2, 0.25) is 22.6 Å². The number of rotatable bonds is 3. The smallest absolute Gasteiger partial charge is 0.264 e. The van der Waals surface area contributed by atoms with E-state index in [0.29, 0.717) is 0 Å². The Labute approximate surface area is 159 Å². The van der Waals surface area contributed by atoms with Crippen LogP contribution in [0.2, 0.25) is 0 Å². The highest BCUT2D eigenvalue weighted by molar-refractivity contribution is 9.43. The molecule has 0 saturated carbocycles. The summed E-state index contributed by atoms with van der Waals surface area (Å²) < 4.78 is 48.0. The van der Waals surface area contributed by atoms with Gasteiger partial charge in [0, 0.05) is 0 Å². The first-order chi connectivity index (χ1) is 7.56. The first-order valence-corrected chi connectivity index (χ1v) is 12.3. The molecule has 110 valence electrons. The van der Waals surface area contributed by atoms with Crippen molar-refractivity contribution in [2.75, 3.05) is 0 Å². The molecule has 0 atom stereocenters. The van der Waals surface area contributed by atoms with Crippen molar-refractivity contribution in [2.24, 2.45) is 0 Å². The topological polar surface area (TPSA) is 77.5 Å². The lowest BCUT2D eigenvalue weighted by Gasteiger charge is -2.34. The van der Waals surface area contributed by atoms with Crippen molar-refractivity contribution in [3.8, 4) is 0 Å². The van der Waals surface area contributed by atoms with Crippen LogP contribution in [0.1, 0.15) is 6.92 Å². The number of hydrogen-bond donors (Lipinski definition) is 0. The fraction of sp³-hybridized carbons (Fsp3) is 1.00. The van der Waals surface area contributed by atoms with Gasteiger partial charge in [0.25, 0.3) is 4.27 Å². The zero-order valence-corrected chi connectivity index (χ0v) is 21.8. The predicted octanol–water partition coefficient (Wildman–Crippen LogP) is 2.38. The third-order valence-corrected chi connectivity index (χ3v) is 15.9. The summed E-state index contributed by atoms with van der Waals surface area (Å²) in [6.07, 6.45) is 0. The monoisotopic (exact) mass is 699 g/mol. The minimum Gasteiger partial charge on any atom is -0.399 e. The maximum absolute atomic E-state index is 12.3. The molecule has 5 nitrogen and oxygen atoms in total. The average molecular weight is 706 g/mol. The minimum atomic E-state index is -4.34. The van der Waals surface area contributed by atoms with Crippen molar-refractivity contribution >= 4 is 126 Å². The van der Waals surface area contributed by atoms with Crippen LogP contribution in [0.3, 0.4) is 0 Å². The Morgan fingerprint density at radius 1 is 0.833 bits per heavy atom. The highest BCUT2D eigenvalue weighted by atomic mass is 80.0. The van der Waals surface area contributed by atoms with Crippen LogP contribution in [0.5, 0.6) is 0 Å². The molecule has 0 amide bonds. The van der Waals surface area contributed by atoms with Crippen LogP contribution >= 0.6 is 95.6 Å². The zero-order chi connectivity index (χ0) is 15.2. The van der Waals surface area contributed by atoms with E-state index < -0.39 is 26.9 Å². The lowest BCUT2D eigenvalue weighted by atomic mass is 10.9. The van der Waals surface area contributed by atoms with Crippen molar-refractivity contribution in [3.05, 3.63) is 0 Å². The number of sulfone groups is 2. The van der Waals surface area contributed by atoms with Crippen LogP contribution in [-0.4, -0.2) is 34.5 Å². The molecule has 0 aliphatic rings. The molecule has 0 N–H and O–H groups in total. The number of hydrogen-bond acceptors (Lipinski definition) is 5. The molecule has 0 aromatic heterocycles. The molecule has 0 unspecified atom stereocenters. The molecule has 0 aliphatic heterocycles. The summed E-state index contributed by atoms with van der Waals surface area (Å²) in [5.74, 6) is 0. The van der Waals surface area contributed by atoms with Crippen LogP contribution in [0.25, 0.3) is 0 Å². The molecule has 0 aromatic carbocycles. The van der Waals surface area contributed by atoms with Crippen molar-refractivity contribution < 1.29 is 21.3 Å². The molecule has 0 bridgehead atoms. The number of alkyl halides is 6. The maximum atomic E-state index is 12.3. The zero-order valence-electron chi connectivity index (χ0n) is 8.63. The van der Waals surface area contributed by atoms with Gasteiger partial charge in [-0.3, -0.25) is 0 Å². The third kappa shape index (κ3) is 3.47. The van der Waals surface area contributed by atoms with Crippen LogP contribution < -0.4 is 0 Å². The van der Waals surface area contributed by atoms with E-state index in [9.17, 15) is 16.8 Å². The van der Waals surface area contributed by atoms with Crippen LogP contribution in [0.4, 0.5) is 0 Å². The van der Waals surface area contributed by atoms with Crippen molar-refractivity contribution in [1.29, 1.82) is 0 Å². The molecule has 0 saturated heterocycles. The average Bonchev–Trinajstić information content (AvgIpc) is 2.12. The second-order valence-corrected chi connectivity index (χ2v) is 25.1. The van der Waals surface area contributed by atoms with E-state index in [-0.39, 0.29) is 10.5 Å². The van der Waals surface area contributed by atoms with Crippen LogP contribution in [0.15, 0.2) is 0 Å². The number of halogens is 6. The molecule has 0 rings (SSSR count). The minimum absolute atomic E-state index is 0.108. The van der Waals surface area contributed by atoms with Crippen molar-refractivity contribution in [1.82, 2.24) is 0 Å². The fourth-order valence-electron chi connectivity index (χ4n) is 0.784. The fourth-order valence-corrected chi connectivity index (χ4v) is 12.8. The normalized spacial score (nSPS) is 15.9. The van der Waals surface area contributed by atoms with E-state index in [0.717, 1.165) is 6.92 Å². The second kappa shape index (κ2) is 6.22. The lowest BCUT2D eigenvalue weighted by molar-refractivity contribution is 0.271. The summed E-state index contributed by atoms with van der Waals surface area (Å²) in [6, 6.07) is 0. The van der Waals surface area contributed by atoms with E-state index >= 15 is 0 Å². The summed E-state index contributed by atoms with van der Waals surface area (Å²) in [5, 5.41) is 0. The van der Waals surface area contributed by atoms with Gasteiger partial charge in [-0.1, -0.05) is 0 Å². The molecule has 0 aromatic rings. The van der Waals surface area contributed by atoms with Gasteiger partial charge in [0.05, 0.1) is 0 Å². The van der Waals surface area contributed by atoms with E-state index in [4.69, 9.17) is 4.43 Å². The maximum Gasteiger partial charge on any atom is 0.264 e. The van der Waals surface area contributed by atoms with Gasteiger partial charge in [-0.15, -0.1) is 0 Å². The molecule has 0 spiro atoms. The first-order valence-electron chi connectivity index (χ1n) is 3.73. The van der Waals surface area contributed by atoms with Gasteiger partial charge in [-0.2, -0.15) is 0 Å². The summed E-state index contributed by atoms with van der Waals surface area (Å²) in [4.78, 5) is 0. The highest BCUT2D eigenvalue weighted by Crippen LogP contribution is 2.53. The van der Waals surface area contributed by atoms with Gasteiger partial charge < -0.3 is 4.43 Å². The van der Waals surface area contributed by atoms with E-state index in [1.807, 2.05) is 0 Å². The molecular weight excluding hydrogens is 700 g/mol. The summed E-state index contributed by atoms with van der Waals surface area (Å²) in [6.45, 7) is 0.960. The standard InChI is InChI=1S/C4H6Br6O5S2Si/c1-2(15-18,16(11,12)3(5,6)7)17(13,14)4(8,9)10/h1,18H3. The quantitative estimate of drug-likeness (QED) is 0.333. The Morgan fingerprint density at radius 2 is 1.06 bits per heavy atom. The first kappa shape index (κ1) is 21.0. The van der Waals surface area contributed by atoms with Gasteiger partial charge in [0.15, 0.2) is 0 Å². The molecule has 0 heterocycles. The van der Waals surface area contributed by atoms with Crippen molar-refractivity contribution in [3.63, 3.8) is 0 Å². The molecule has 0 fully saturated rings. The largest absolute Gasteiger partial charge is 0.399 e. The van der Waals surface area contributed by atoms with E-state index in [1.165, 1.54) is 0 Å². The summed E-state index contributed by atoms with van der Waals surface area (Å²) in [5.41, 5.74) is 0. The van der Waals surface area contributed by atoms with Gasteiger partial charge in [-0.25, -0.2) is 16.8 Å². The summed E-state index contributed by atoms with van der Waals surface area (Å²) >= 11 is 16.8. The Hall–Kier alpha value is 2.96. The van der Waals surface area contributed by atoms with E-state index in [2.05, 4.69) is 95.6 Å². The SMILES string of the molecule is CC(O[SiH3])(S(=O)(=O)C(Br)(Br)Br)S(=O)(=O)C(Br)(Br)Br. The highest BCUT2D eigenvalue weighted by Gasteiger charge is 2.63. The van der Waals surface area contributed by atoms with Gasteiger partial charge in [0.1, 0.15) is 10.5 Å². The predicted molar refractivity (Wildman–Crippen MR) is 96.3 cm³/mol. The molecule has 0 aliphatic carbocycles. The van der Waals surface area contributed by atoms with E-state index in [1.54, 1.807) is 0 Å². The third-order valence-electron chi connectivity index (χ3n) is 1.96. The van der Waals surface area contributed by atoms with Gasteiger partial charge in [-0.05, 0) is 103 Å². The molecule has 0 radical (unpaired) electrons. The Balaban J connectivity index is 6.35. The molecular formula is C4H6Br6O5S2Si. The molecule has 18 heavy (non-hydrogen) atoms. The summed E-state index contributed by atoms with van der Waals surface area (Å²) in [7, 11) is -8.80. The Bertz CT molecular complexity index is 471. The Morgan fingerprint density at radius 3 is 1.17 bits per heavy atom.